The highest BCUT2D eigenvalue weighted by Crippen LogP contribution is 2.26. The monoisotopic (exact) mass is 356 g/mol. The second kappa shape index (κ2) is 5.83. The Morgan fingerprint density at radius 1 is 1.29 bits per heavy atom. The van der Waals surface area contributed by atoms with E-state index < -0.39 is 0 Å². The van der Waals surface area contributed by atoms with Crippen LogP contribution in [0.2, 0.25) is 0 Å². The SMILES string of the molecule is CCCCc1nccn1-c1cc(Br)ccc1Br. The van der Waals surface area contributed by atoms with E-state index in [9.17, 15) is 0 Å². The average molecular weight is 358 g/mol. The lowest BCUT2D eigenvalue weighted by molar-refractivity contribution is 0.738. The molecule has 2 rings (SSSR count). The summed E-state index contributed by atoms with van der Waals surface area (Å²) in [6, 6.07) is 6.17. The Hall–Kier alpha value is -0.610. The number of hydrogen-bond acceptors (Lipinski definition) is 1. The summed E-state index contributed by atoms with van der Waals surface area (Å²) in [5.74, 6) is 1.12. The summed E-state index contributed by atoms with van der Waals surface area (Å²) in [4.78, 5) is 4.43. The van der Waals surface area contributed by atoms with E-state index in [1.54, 1.807) is 0 Å². The predicted octanol–water partition coefficient (Wildman–Crippen LogP) is 4.74. The molecule has 1 aromatic heterocycles. The van der Waals surface area contributed by atoms with Crippen molar-refractivity contribution in [3.05, 3.63) is 45.4 Å². The van der Waals surface area contributed by atoms with Crippen LogP contribution in [0.1, 0.15) is 25.6 Å². The maximum absolute atomic E-state index is 4.43. The molecular weight excluding hydrogens is 344 g/mol. The topological polar surface area (TPSA) is 17.8 Å². The van der Waals surface area contributed by atoms with Gasteiger partial charge in [-0.05, 0) is 40.5 Å². The van der Waals surface area contributed by atoms with Crippen LogP contribution in [0.15, 0.2) is 39.5 Å². The standard InChI is InChI=1S/C13H14Br2N2/c1-2-3-4-13-16-7-8-17(13)12-9-10(14)5-6-11(12)15/h5-9H,2-4H2,1H3. The maximum Gasteiger partial charge on any atom is 0.113 e. The van der Waals surface area contributed by atoms with E-state index in [0.717, 1.165) is 26.9 Å². The van der Waals surface area contributed by atoms with Gasteiger partial charge in [0, 0.05) is 27.8 Å². The van der Waals surface area contributed by atoms with Gasteiger partial charge >= 0.3 is 0 Å². The maximum atomic E-state index is 4.43. The normalized spacial score (nSPS) is 10.8. The molecule has 0 N–H and O–H groups in total. The molecule has 0 bridgehead atoms. The zero-order chi connectivity index (χ0) is 12.3. The highest BCUT2D eigenvalue weighted by molar-refractivity contribution is 9.11. The first kappa shape index (κ1) is 12.8. The van der Waals surface area contributed by atoms with Gasteiger partial charge in [0.05, 0.1) is 5.69 Å². The molecule has 0 spiro atoms. The van der Waals surface area contributed by atoms with Crippen molar-refractivity contribution in [1.82, 2.24) is 9.55 Å². The Bertz CT molecular complexity index is 506. The van der Waals surface area contributed by atoms with Gasteiger partial charge in [0.2, 0.25) is 0 Å². The summed E-state index contributed by atoms with van der Waals surface area (Å²) in [6.45, 7) is 2.20. The Morgan fingerprint density at radius 2 is 2.12 bits per heavy atom. The van der Waals surface area contributed by atoms with E-state index in [2.05, 4.69) is 54.4 Å². The molecule has 2 aromatic rings. The van der Waals surface area contributed by atoms with Gasteiger partial charge in [0.25, 0.3) is 0 Å². The molecule has 0 saturated heterocycles. The average Bonchev–Trinajstić information content (AvgIpc) is 2.77. The molecule has 90 valence electrons. The first-order valence-corrected chi connectivity index (χ1v) is 7.28. The van der Waals surface area contributed by atoms with Crippen molar-refractivity contribution in [3.8, 4) is 5.69 Å². The lowest BCUT2D eigenvalue weighted by atomic mass is 10.2. The minimum Gasteiger partial charge on any atom is -0.303 e. The predicted molar refractivity (Wildman–Crippen MR) is 77.6 cm³/mol. The Balaban J connectivity index is 2.38. The number of imidazole rings is 1. The zero-order valence-corrected chi connectivity index (χ0v) is 12.8. The summed E-state index contributed by atoms with van der Waals surface area (Å²) in [6.07, 6.45) is 7.24. The van der Waals surface area contributed by atoms with E-state index >= 15 is 0 Å². The quantitative estimate of drug-likeness (QED) is 0.772. The lowest BCUT2D eigenvalue weighted by Crippen LogP contribution is -2.01. The second-order valence-electron chi connectivity index (χ2n) is 3.91. The summed E-state index contributed by atoms with van der Waals surface area (Å²) in [5, 5.41) is 0. The van der Waals surface area contributed by atoms with Crippen molar-refractivity contribution in [2.24, 2.45) is 0 Å². The van der Waals surface area contributed by atoms with Gasteiger partial charge in [-0.15, -0.1) is 0 Å². The molecule has 0 fully saturated rings. The number of aryl methyl sites for hydroxylation is 1. The third kappa shape index (κ3) is 2.99. The lowest BCUT2D eigenvalue weighted by Gasteiger charge is -2.10. The molecule has 4 heteroatoms. The van der Waals surface area contributed by atoms with Crippen molar-refractivity contribution >= 4 is 31.9 Å². The van der Waals surface area contributed by atoms with Crippen LogP contribution >= 0.6 is 31.9 Å². The number of nitrogens with zero attached hydrogens (tertiary/aromatic N) is 2. The first-order valence-electron chi connectivity index (χ1n) is 5.70. The Labute approximate surface area is 118 Å². The molecule has 0 unspecified atom stereocenters. The van der Waals surface area contributed by atoms with Crippen molar-refractivity contribution in [3.63, 3.8) is 0 Å². The van der Waals surface area contributed by atoms with Crippen LogP contribution in [0.25, 0.3) is 5.69 Å². The first-order chi connectivity index (χ1) is 8.22. The van der Waals surface area contributed by atoms with Gasteiger partial charge < -0.3 is 4.57 Å². The number of halogens is 2. The zero-order valence-electron chi connectivity index (χ0n) is 9.66. The number of unbranched alkanes of at least 4 members (excludes halogenated alkanes) is 1. The van der Waals surface area contributed by atoms with Gasteiger partial charge in [0.1, 0.15) is 5.82 Å². The fourth-order valence-corrected chi connectivity index (χ4v) is 2.53. The highest BCUT2D eigenvalue weighted by atomic mass is 79.9. The highest BCUT2D eigenvalue weighted by Gasteiger charge is 2.08. The molecule has 0 aliphatic heterocycles. The van der Waals surface area contributed by atoms with Crippen LogP contribution in [0.3, 0.4) is 0 Å². The molecule has 0 aliphatic carbocycles. The molecule has 0 amide bonds. The molecule has 0 saturated carbocycles. The fourth-order valence-electron chi connectivity index (χ4n) is 1.74. The second-order valence-corrected chi connectivity index (χ2v) is 5.68. The summed E-state index contributed by atoms with van der Waals surface area (Å²) in [7, 11) is 0. The van der Waals surface area contributed by atoms with Crippen LogP contribution in [0, 0.1) is 0 Å². The molecule has 0 aliphatic rings. The number of rotatable bonds is 4. The van der Waals surface area contributed by atoms with Crippen molar-refractivity contribution in [1.29, 1.82) is 0 Å². The number of hydrogen-bond donors (Lipinski definition) is 0. The van der Waals surface area contributed by atoms with E-state index in [0.29, 0.717) is 0 Å². The summed E-state index contributed by atoms with van der Waals surface area (Å²) in [5.41, 5.74) is 1.13. The number of aromatic nitrogens is 2. The molecule has 17 heavy (non-hydrogen) atoms. The number of benzene rings is 1. The van der Waals surface area contributed by atoms with E-state index in [4.69, 9.17) is 0 Å². The molecule has 1 aromatic carbocycles. The third-order valence-corrected chi connectivity index (χ3v) is 3.80. The van der Waals surface area contributed by atoms with E-state index in [1.165, 1.54) is 12.8 Å². The van der Waals surface area contributed by atoms with Gasteiger partial charge in [0.15, 0.2) is 0 Å². The van der Waals surface area contributed by atoms with Crippen LogP contribution < -0.4 is 0 Å². The van der Waals surface area contributed by atoms with Crippen LogP contribution in [-0.4, -0.2) is 9.55 Å². The van der Waals surface area contributed by atoms with Gasteiger partial charge in [-0.25, -0.2) is 4.98 Å². The molecule has 0 radical (unpaired) electrons. The summed E-state index contributed by atoms with van der Waals surface area (Å²) >= 11 is 7.09. The largest absolute Gasteiger partial charge is 0.303 e. The Morgan fingerprint density at radius 3 is 2.88 bits per heavy atom. The fraction of sp³-hybridized carbons (Fsp3) is 0.308. The minimum absolute atomic E-state index is 1.02. The third-order valence-electron chi connectivity index (χ3n) is 2.64. The van der Waals surface area contributed by atoms with Crippen molar-refractivity contribution in [2.75, 3.05) is 0 Å². The van der Waals surface area contributed by atoms with Crippen LogP contribution in [0.5, 0.6) is 0 Å². The van der Waals surface area contributed by atoms with Gasteiger partial charge in [-0.2, -0.15) is 0 Å². The molecule has 0 atom stereocenters. The van der Waals surface area contributed by atoms with Crippen LogP contribution in [-0.2, 0) is 6.42 Å². The van der Waals surface area contributed by atoms with Crippen molar-refractivity contribution < 1.29 is 0 Å². The molecular formula is C13H14Br2N2. The van der Waals surface area contributed by atoms with E-state index in [1.807, 2.05) is 24.5 Å². The van der Waals surface area contributed by atoms with Crippen molar-refractivity contribution in [2.45, 2.75) is 26.2 Å². The van der Waals surface area contributed by atoms with Crippen LogP contribution in [0.4, 0.5) is 0 Å². The molecule has 1 heterocycles. The summed E-state index contributed by atoms with van der Waals surface area (Å²) < 4.78 is 4.30. The van der Waals surface area contributed by atoms with Gasteiger partial charge in [-0.1, -0.05) is 29.3 Å². The van der Waals surface area contributed by atoms with E-state index in [-0.39, 0.29) is 0 Å². The Kier molecular flexibility index (Phi) is 4.40. The molecule has 2 nitrogen and oxygen atoms in total. The minimum atomic E-state index is 1.02. The van der Waals surface area contributed by atoms with Gasteiger partial charge in [-0.3, -0.25) is 0 Å². The smallest absolute Gasteiger partial charge is 0.113 e.